The molecular formula is C6H9F4N. The lowest BCUT2D eigenvalue weighted by molar-refractivity contribution is 0.0103. The van der Waals surface area contributed by atoms with Gasteiger partial charge in [0, 0.05) is 6.42 Å². The van der Waals surface area contributed by atoms with Gasteiger partial charge >= 0.3 is 0 Å². The Morgan fingerprint density at radius 1 is 1.45 bits per heavy atom. The van der Waals surface area contributed by atoms with E-state index in [1.54, 1.807) is 0 Å². The molecule has 1 heterocycles. The second-order valence-corrected chi connectivity index (χ2v) is 2.88. The zero-order valence-corrected chi connectivity index (χ0v) is 6.03. The van der Waals surface area contributed by atoms with Gasteiger partial charge in [-0.1, -0.05) is 0 Å². The lowest BCUT2D eigenvalue weighted by Crippen LogP contribution is -2.31. The van der Waals surface area contributed by atoms with E-state index in [9.17, 15) is 17.6 Å². The van der Waals surface area contributed by atoms with Crippen LogP contribution < -0.4 is 0 Å². The van der Waals surface area contributed by atoms with Crippen molar-refractivity contribution in [3.05, 3.63) is 0 Å². The van der Waals surface area contributed by atoms with Gasteiger partial charge in [0.05, 0.1) is 12.6 Å². The van der Waals surface area contributed by atoms with Crippen LogP contribution in [0, 0.1) is 0 Å². The summed E-state index contributed by atoms with van der Waals surface area (Å²) in [5.74, 6) is -2.93. The molecule has 0 N–H and O–H groups in total. The van der Waals surface area contributed by atoms with E-state index in [1.165, 1.54) is 7.05 Å². The minimum absolute atomic E-state index is 0.554. The molecule has 1 nitrogen and oxygen atoms in total. The van der Waals surface area contributed by atoms with E-state index in [0.29, 0.717) is 0 Å². The van der Waals surface area contributed by atoms with Gasteiger partial charge in [-0.15, -0.1) is 0 Å². The molecule has 0 saturated carbocycles. The van der Waals surface area contributed by atoms with Gasteiger partial charge in [-0.2, -0.15) is 0 Å². The molecule has 0 aromatic rings. The van der Waals surface area contributed by atoms with Gasteiger partial charge in [0.25, 0.3) is 12.3 Å². The van der Waals surface area contributed by atoms with E-state index in [1.807, 2.05) is 0 Å². The molecule has 1 unspecified atom stereocenters. The van der Waals surface area contributed by atoms with Crippen LogP contribution in [0.25, 0.3) is 0 Å². The van der Waals surface area contributed by atoms with Gasteiger partial charge in [0.2, 0.25) is 0 Å². The van der Waals surface area contributed by atoms with Crippen LogP contribution in [0.1, 0.15) is 6.42 Å². The van der Waals surface area contributed by atoms with Crippen molar-refractivity contribution in [2.45, 2.75) is 24.8 Å². The first kappa shape index (κ1) is 8.77. The summed E-state index contributed by atoms with van der Waals surface area (Å²) in [6, 6.07) is -1.27. The fraction of sp³-hybridized carbons (Fsp3) is 1.00. The SMILES string of the molecule is CN1CC(F)(F)CC1C(F)F. The highest BCUT2D eigenvalue weighted by Crippen LogP contribution is 2.33. The summed E-state index contributed by atoms with van der Waals surface area (Å²) in [6.07, 6.45) is -3.39. The van der Waals surface area contributed by atoms with Gasteiger partial charge in [0.1, 0.15) is 0 Å². The third-order valence-corrected chi connectivity index (χ3v) is 1.85. The first-order chi connectivity index (χ1) is 4.92. The Kier molecular flexibility index (Phi) is 2.09. The van der Waals surface area contributed by atoms with Crippen molar-refractivity contribution in [2.24, 2.45) is 0 Å². The summed E-state index contributed by atoms with van der Waals surface area (Å²) in [5.41, 5.74) is 0. The molecule has 1 fully saturated rings. The Labute approximate surface area is 62.0 Å². The summed E-state index contributed by atoms with van der Waals surface area (Å²) < 4.78 is 48.8. The van der Waals surface area contributed by atoms with Crippen molar-refractivity contribution in [1.29, 1.82) is 0 Å². The standard InChI is InChI=1S/C6H9F4N/c1-11-3-6(9,10)2-4(11)5(7)8/h4-5H,2-3H2,1H3. The Bertz CT molecular complexity index is 148. The predicted molar refractivity (Wildman–Crippen MR) is 32.0 cm³/mol. The molecule has 1 saturated heterocycles. The third kappa shape index (κ3) is 1.83. The van der Waals surface area contributed by atoms with Crippen molar-refractivity contribution in [3.8, 4) is 0 Å². The quantitative estimate of drug-likeness (QED) is 0.541. The molecule has 0 radical (unpaired) electrons. The van der Waals surface area contributed by atoms with Crippen LogP contribution in [0.2, 0.25) is 0 Å². The van der Waals surface area contributed by atoms with Crippen LogP contribution in [-0.2, 0) is 0 Å². The molecule has 0 bridgehead atoms. The van der Waals surface area contributed by atoms with Crippen molar-refractivity contribution in [3.63, 3.8) is 0 Å². The van der Waals surface area contributed by atoms with Crippen LogP contribution >= 0.6 is 0 Å². The molecule has 0 amide bonds. The van der Waals surface area contributed by atoms with Crippen molar-refractivity contribution in [1.82, 2.24) is 4.90 Å². The molecule has 0 aliphatic carbocycles. The van der Waals surface area contributed by atoms with Gasteiger partial charge in [-0.25, -0.2) is 17.6 Å². The van der Waals surface area contributed by atoms with Crippen LogP contribution in [0.3, 0.4) is 0 Å². The molecule has 1 aliphatic rings. The number of rotatable bonds is 1. The number of hydrogen-bond acceptors (Lipinski definition) is 1. The lowest BCUT2D eigenvalue weighted by Gasteiger charge is -2.16. The van der Waals surface area contributed by atoms with E-state index in [4.69, 9.17) is 0 Å². The van der Waals surface area contributed by atoms with E-state index < -0.39 is 31.4 Å². The van der Waals surface area contributed by atoms with Gasteiger partial charge in [0.15, 0.2) is 0 Å². The molecule has 1 atom stereocenters. The summed E-state index contributed by atoms with van der Waals surface area (Å²) in [5, 5.41) is 0. The zero-order valence-electron chi connectivity index (χ0n) is 6.03. The van der Waals surface area contributed by atoms with Crippen LogP contribution in [-0.4, -0.2) is 36.9 Å². The smallest absolute Gasteiger partial charge is 0.262 e. The summed E-state index contributed by atoms with van der Waals surface area (Å²) in [6.45, 7) is -0.554. The second-order valence-electron chi connectivity index (χ2n) is 2.88. The van der Waals surface area contributed by atoms with E-state index >= 15 is 0 Å². The lowest BCUT2D eigenvalue weighted by atomic mass is 10.2. The van der Waals surface area contributed by atoms with Crippen LogP contribution in [0.15, 0.2) is 0 Å². The van der Waals surface area contributed by atoms with E-state index in [0.717, 1.165) is 4.90 Å². The summed E-state index contributed by atoms with van der Waals surface area (Å²) >= 11 is 0. The number of likely N-dealkylation sites (tertiary alicyclic amines) is 1. The highest BCUT2D eigenvalue weighted by molar-refractivity contribution is 4.89. The Morgan fingerprint density at radius 2 is 2.00 bits per heavy atom. The number of hydrogen-bond donors (Lipinski definition) is 0. The largest absolute Gasteiger partial charge is 0.292 e. The summed E-state index contributed by atoms with van der Waals surface area (Å²) in [4.78, 5) is 1.00. The normalized spacial score (nSPS) is 31.6. The molecular weight excluding hydrogens is 162 g/mol. The molecule has 11 heavy (non-hydrogen) atoms. The fourth-order valence-corrected chi connectivity index (χ4v) is 1.29. The second kappa shape index (κ2) is 2.62. The molecule has 0 aromatic heterocycles. The van der Waals surface area contributed by atoms with E-state index in [2.05, 4.69) is 0 Å². The fourth-order valence-electron chi connectivity index (χ4n) is 1.29. The number of alkyl halides is 4. The minimum Gasteiger partial charge on any atom is -0.292 e. The first-order valence-corrected chi connectivity index (χ1v) is 3.28. The summed E-state index contributed by atoms with van der Waals surface area (Å²) in [7, 11) is 1.29. The Hall–Kier alpha value is -0.320. The Balaban J connectivity index is 2.59. The highest BCUT2D eigenvalue weighted by Gasteiger charge is 2.46. The zero-order chi connectivity index (χ0) is 8.65. The maximum atomic E-state index is 12.4. The molecule has 0 aromatic carbocycles. The van der Waals surface area contributed by atoms with Crippen LogP contribution in [0.4, 0.5) is 17.6 Å². The number of nitrogens with zero attached hydrogens (tertiary/aromatic N) is 1. The molecule has 1 aliphatic heterocycles. The first-order valence-electron chi connectivity index (χ1n) is 3.28. The molecule has 5 heteroatoms. The molecule has 66 valence electrons. The van der Waals surface area contributed by atoms with Crippen LogP contribution in [0.5, 0.6) is 0 Å². The van der Waals surface area contributed by atoms with Gasteiger partial charge in [-0.05, 0) is 7.05 Å². The average Bonchev–Trinajstić information content (AvgIpc) is 2.05. The monoisotopic (exact) mass is 171 g/mol. The van der Waals surface area contributed by atoms with Gasteiger partial charge < -0.3 is 0 Å². The van der Waals surface area contributed by atoms with Crippen molar-refractivity contribution < 1.29 is 17.6 Å². The van der Waals surface area contributed by atoms with E-state index in [-0.39, 0.29) is 0 Å². The Morgan fingerprint density at radius 3 is 2.18 bits per heavy atom. The number of halogens is 4. The molecule has 1 rings (SSSR count). The average molecular weight is 171 g/mol. The highest BCUT2D eigenvalue weighted by atomic mass is 19.3. The minimum atomic E-state index is -2.93. The topological polar surface area (TPSA) is 3.24 Å². The predicted octanol–water partition coefficient (Wildman–Crippen LogP) is 1.59. The van der Waals surface area contributed by atoms with Crippen molar-refractivity contribution >= 4 is 0 Å². The third-order valence-electron chi connectivity index (χ3n) is 1.85. The van der Waals surface area contributed by atoms with Crippen molar-refractivity contribution in [2.75, 3.05) is 13.6 Å². The maximum absolute atomic E-state index is 12.4. The van der Waals surface area contributed by atoms with Gasteiger partial charge in [-0.3, -0.25) is 4.90 Å². The molecule has 0 spiro atoms. The maximum Gasteiger partial charge on any atom is 0.262 e.